The first-order valence-electron chi connectivity index (χ1n) is 10.6. The van der Waals surface area contributed by atoms with Crippen LogP contribution in [0.2, 0.25) is 0 Å². The van der Waals surface area contributed by atoms with Crippen molar-refractivity contribution >= 4 is 40.1 Å². The maximum absolute atomic E-state index is 13.0. The van der Waals surface area contributed by atoms with Crippen LogP contribution in [0.5, 0.6) is 5.75 Å². The van der Waals surface area contributed by atoms with Gasteiger partial charge in [0.25, 0.3) is 5.56 Å². The molecule has 2 atom stereocenters. The number of methoxy groups -OCH3 is 1. The van der Waals surface area contributed by atoms with Crippen LogP contribution in [-0.2, 0) is 11.3 Å². The van der Waals surface area contributed by atoms with Crippen LogP contribution in [0.3, 0.4) is 0 Å². The van der Waals surface area contributed by atoms with Crippen molar-refractivity contribution in [2.75, 3.05) is 7.11 Å². The second-order valence-electron chi connectivity index (χ2n) is 8.21. The highest BCUT2D eigenvalue weighted by Crippen LogP contribution is 2.26. The van der Waals surface area contributed by atoms with Crippen LogP contribution in [-0.4, -0.2) is 33.6 Å². The highest BCUT2D eigenvalue weighted by molar-refractivity contribution is 7.71. The Hall–Kier alpha value is -2.61. The number of carbonyl (C=O) groups is 1. The molecular formula is C22H28N4O3S. The molecule has 30 heavy (non-hydrogen) atoms. The number of H-pyrrole nitrogens is 2. The summed E-state index contributed by atoms with van der Waals surface area (Å²) in [5.74, 6) is 1.29. The van der Waals surface area contributed by atoms with Crippen molar-refractivity contribution in [3.63, 3.8) is 0 Å². The van der Waals surface area contributed by atoms with Gasteiger partial charge in [0.15, 0.2) is 4.77 Å². The van der Waals surface area contributed by atoms with Gasteiger partial charge in [0.1, 0.15) is 11.3 Å². The summed E-state index contributed by atoms with van der Waals surface area (Å²) in [5.41, 5.74) is 1.82. The number of hydrogen-bond acceptors (Lipinski definition) is 4. The largest absolute Gasteiger partial charge is 0.497 e. The van der Waals surface area contributed by atoms with Crippen molar-refractivity contribution < 1.29 is 9.53 Å². The molecule has 8 heteroatoms. The number of rotatable bonds is 6. The minimum Gasteiger partial charge on any atom is -0.497 e. The van der Waals surface area contributed by atoms with Gasteiger partial charge in [-0.15, -0.1) is 0 Å². The van der Waals surface area contributed by atoms with Crippen molar-refractivity contribution in [3.05, 3.63) is 33.3 Å². The molecule has 1 saturated carbocycles. The normalized spacial score (nSPS) is 19.3. The highest BCUT2D eigenvalue weighted by Gasteiger charge is 2.22. The lowest BCUT2D eigenvalue weighted by atomic mass is 9.86. The van der Waals surface area contributed by atoms with E-state index in [0.29, 0.717) is 46.9 Å². The predicted molar refractivity (Wildman–Crippen MR) is 121 cm³/mol. The van der Waals surface area contributed by atoms with Gasteiger partial charge in [0.2, 0.25) is 5.91 Å². The Morgan fingerprint density at radius 2 is 2.07 bits per heavy atom. The summed E-state index contributed by atoms with van der Waals surface area (Å²) in [4.78, 5) is 31.7. The summed E-state index contributed by atoms with van der Waals surface area (Å²) < 4.78 is 7.17. The number of aromatic amines is 2. The monoisotopic (exact) mass is 428 g/mol. The number of nitrogens with one attached hydrogen (secondary N) is 3. The fraction of sp³-hybridized carbons (Fsp3) is 0.500. The van der Waals surface area contributed by atoms with Gasteiger partial charge in [0.05, 0.1) is 12.6 Å². The summed E-state index contributed by atoms with van der Waals surface area (Å²) in [5, 5.41) is 4.03. The van der Waals surface area contributed by atoms with Crippen LogP contribution in [0.1, 0.15) is 45.4 Å². The van der Waals surface area contributed by atoms with Crippen LogP contribution < -0.4 is 15.6 Å². The van der Waals surface area contributed by atoms with Gasteiger partial charge in [0, 0.05) is 29.9 Å². The zero-order valence-corrected chi connectivity index (χ0v) is 18.2. The number of fused-ring (bicyclic) bond motifs is 3. The molecular weight excluding hydrogens is 400 g/mol. The standard InChI is InChI=1S/C22H28N4O3S/c1-13-6-3-4-7-16(13)23-18(27)8-5-11-26-21(28)20-19(25-22(26)30)15-12-14(29-2)9-10-17(15)24-20/h9-10,12-13,16,24H,3-8,11H2,1-2H3,(H,23,27)(H,25,30)/t13-,16-/m1/s1. The lowest BCUT2D eigenvalue weighted by molar-refractivity contribution is -0.122. The SMILES string of the molecule is COc1ccc2[nH]c3c(=O)n(CCCC(=O)N[C@@H]4CCCC[C@H]4C)c(=S)[nH]c3c2c1. The Morgan fingerprint density at radius 1 is 1.27 bits per heavy atom. The molecule has 7 nitrogen and oxygen atoms in total. The maximum atomic E-state index is 13.0. The number of benzene rings is 1. The van der Waals surface area contributed by atoms with E-state index in [-0.39, 0.29) is 17.5 Å². The lowest BCUT2D eigenvalue weighted by Crippen LogP contribution is -2.41. The summed E-state index contributed by atoms with van der Waals surface area (Å²) >= 11 is 5.44. The smallest absolute Gasteiger partial charge is 0.278 e. The van der Waals surface area contributed by atoms with Gasteiger partial charge in [-0.2, -0.15) is 0 Å². The molecule has 3 N–H and O–H groups in total. The molecule has 0 unspecified atom stereocenters. The summed E-state index contributed by atoms with van der Waals surface area (Å²) in [6, 6.07) is 5.87. The van der Waals surface area contributed by atoms with E-state index in [9.17, 15) is 9.59 Å². The molecule has 1 aromatic carbocycles. The van der Waals surface area contributed by atoms with Gasteiger partial charge in [-0.1, -0.05) is 19.8 Å². The molecule has 2 heterocycles. The zero-order chi connectivity index (χ0) is 21.3. The first kappa shape index (κ1) is 20.7. The maximum Gasteiger partial charge on any atom is 0.278 e. The third-order valence-electron chi connectivity index (χ3n) is 6.19. The zero-order valence-electron chi connectivity index (χ0n) is 17.4. The topological polar surface area (TPSA) is 91.9 Å². The fourth-order valence-electron chi connectivity index (χ4n) is 4.40. The quantitative estimate of drug-likeness (QED) is 0.517. The van der Waals surface area contributed by atoms with Crippen LogP contribution >= 0.6 is 12.2 Å². The number of carbonyl (C=O) groups excluding carboxylic acids is 1. The molecule has 0 spiro atoms. The Balaban J connectivity index is 1.49. The van der Waals surface area contributed by atoms with Crippen molar-refractivity contribution in [2.24, 2.45) is 5.92 Å². The van der Waals surface area contributed by atoms with E-state index in [4.69, 9.17) is 17.0 Å². The molecule has 1 amide bonds. The number of amides is 1. The molecule has 4 rings (SSSR count). The average molecular weight is 429 g/mol. The fourth-order valence-corrected chi connectivity index (χ4v) is 4.68. The number of hydrogen-bond donors (Lipinski definition) is 3. The molecule has 1 aliphatic carbocycles. The van der Waals surface area contributed by atoms with Crippen LogP contribution in [0.4, 0.5) is 0 Å². The summed E-state index contributed by atoms with van der Waals surface area (Å²) in [6.45, 7) is 2.60. The lowest BCUT2D eigenvalue weighted by Gasteiger charge is -2.29. The molecule has 1 aliphatic rings. The molecule has 0 saturated heterocycles. The van der Waals surface area contributed by atoms with E-state index in [0.717, 1.165) is 17.3 Å². The van der Waals surface area contributed by atoms with Gasteiger partial charge < -0.3 is 20.0 Å². The molecule has 2 aromatic heterocycles. The van der Waals surface area contributed by atoms with E-state index >= 15 is 0 Å². The third-order valence-corrected chi connectivity index (χ3v) is 6.51. The minimum absolute atomic E-state index is 0.0514. The van der Waals surface area contributed by atoms with Crippen LogP contribution in [0.15, 0.2) is 23.0 Å². The van der Waals surface area contributed by atoms with Crippen molar-refractivity contribution in [2.45, 2.75) is 58.0 Å². The molecule has 160 valence electrons. The molecule has 0 bridgehead atoms. The first-order valence-corrected chi connectivity index (χ1v) is 11.0. The second kappa shape index (κ2) is 8.63. The van der Waals surface area contributed by atoms with E-state index in [1.54, 1.807) is 7.11 Å². The van der Waals surface area contributed by atoms with Gasteiger partial charge in [-0.25, -0.2) is 0 Å². The van der Waals surface area contributed by atoms with Gasteiger partial charge in [-0.05, 0) is 55.6 Å². The highest BCUT2D eigenvalue weighted by atomic mass is 32.1. The molecule has 1 fully saturated rings. The summed E-state index contributed by atoms with van der Waals surface area (Å²) in [7, 11) is 1.61. The molecule has 0 aliphatic heterocycles. The van der Waals surface area contributed by atoms with Gasteiger partial charge >= 0.3 is 0 Å². The summed E-state index contributed by atoms with van der Waals surface area (Å²) in [6.07, 6.45) is 5.59. The molecule has 0 radical (unpaired) electrons. The van der Waals surface area contributed by atoms with Crippen molar-refractivity contribution in [3.8, 4) is 5.75 Å². The number of aromatic nitrogens is 3. The Morgan fingerprint density at radius 3 is 2.83 bits per heavy atom. The minimum atomic E-state index is -0.176. The van der Waals surface area contributed by atoms with E-state index in [1.165, 1.54) is 23.8 Å². The Labute approximate surface area is 179 Å². The van der Waals surface area contributed by atoms with Gasteiger partial charge in [-0.3, -0.25) is 14.2 Å². The number of ether oxygens (including phenoxy) is 1. The van der Waals surface area contributed by atoms with E-state index in [1.807, 2.05) is 18.2 Å². The second-order valence-corrected chi connectivity index (χ2v) is 8.60. The predicted octanol–water partition coefficient (Wildman–Crippen LogP) is 4.02. The van der Waals surface area contributed by atoms with Crippen molar-refractivity contribution in [1.29, 1.82) is 0 Å². The van der Waals surface area contributed by atoms with Crippen molar-refractivity contribution in [1.82, 2.24) is 19.9 Å². The van der Waals surface area contributed by atoms with E-state index in [2.05, 4.69) is 22.2 Å². The third kappa shape index (κ3) is 4.01. The Bertz CT molecular complexity index is 1190. The first-order chi connectivity index (χ1) is 14.5. The Kier molecular flexibility index (Phi) is 5.94. The van der Waals surface area contributed by atoms with E-state index < -0.39 is 0 Å². The molecule has 3 aromatic rings. The average Bonchev–Trinajstić information content (AvgIpc) is 3.10. The van der Waals surface area contributed by atoms with Crippen LogP contribution in [0, 0.1) is 10.7 Å². The van der Waals surface area contributed by atoms with Crippen LogP contribution in [0.25, 0.3) is 21.9 Å². The number of nitrogens with zero attached hydrogens (tertiary/aromatic N) is 1.